The zero-order valence-corrected chi connectivity index (χ0v) is 15.3. The largest absolute Gasteiger partial charge is 0.497 e. The molecule has 0 saturated carbocycles. The quantitative estimate of drug-likeness (QED) is 0.358. The Morgan fingerprint density at radius 2 is 1.50 bits per heavy atom. The first-order valence-electron chi connectivity index (χ1n) is 8.77. The third-order valence-electron chi connectivity index (χ3n) is 5.12. The van der Waals surface area contributed by atoms with Gasteiger partial charge in [0.2, 0.25) is 0 Å². The lowest BCUT2D eigenvalue weighted by Crippen LogP contribution is -2.10. The molecule has 1 nitrogen and oxygen atoms in total. The van der Waals surface area contributed by atoms with Gasteiger partial charge in [-0.3, -0.25) is 0 Å². The third-order valence-corrected chi connectivity index (χ3v) is 6.29. The predicted octanol–water partition coefficient (Wildman–Crippen LogP) is 6.49. The van der Waals surface area contributed by atoms with E-state index >= 15 is 0 Å². The number of methoxy groups -OCH3 is 1. The third kappa shape index (κ3) is 2.41. The Labute approximate surface area is 157 Å². The highest BCUT2D eigenvalue weighted by Gasteiger charge is 2.29. The van der Waals surface area contributed by atoms with Crippen LogP contribution in [0.1, 0.15) is 22.6 Å². The van der Waals surface area contributed by atoms with Crippen molar-refractivity contribution in [2.24, 2.45) is 0 Å². The van der Waals surface area contributed by atoms with Crippen molar-refractivity contribution in [2.45, 2.75) is 15.7 Å². The molecule has 4 aromatic carbocycles. The number of hydrogen-bond acceptors (Lipinski definition) is 2. The molecule has 1 unspecified atom stereocenters. The van der Waals surface area contributed by atoms with Gasteiger partial charge in [-0.15, -0.1) is 0 Å². The number of benzene rings is 4. The van der Waals surface area contributed by atoms with Crippen molar-refractivity contribution < 1.29 is 4.74 Å². The van der Waals surface area contributed by atoms with Crippen molar-refractivity contribution in [1.29, 1.82) is 0 Å². The molecular weight excluding hydrogens is 336 g/mol. The minimum atomic E-state index is 0.236. The molecule has 0 radical (unpaired) electrons. The summed E-state index contributed by atoms with van der Waals surface area (Å²) in [6.07, 6.45) is 0. The van der Waals surface area contributed by atoms with E-state index in [-0.39, 0.29) is 5.92 Å². The summed E-state index contributed by atoms with van der Waals surface area (Å²) in [7, 11) is 1.71. The molecule has 0 bridgehead atoms. The maximum Gasteiger partial charge on any atom is 0.118 e. The molecule has 1 atom stereocenters. The van der Waals surface area contributed by atoms with Gasteiger partial charge >= 0.3 is 0 Å². The second kappa shape index (κ2) is 6.22. The molecular formula is C24H18OS. The van der Waals surface area contributed by atoms with Crippen LogP contribution >= 0.6 is 11.8 Å². The molecule has 26 heavy (non-hydrogen) atoms. The zero-order valence-electron chi connectivity index (χ0n) is 14.5. The van der Waals surface area contributed by atoms with Crippen molar-refractivity contribution in [3.05, 3.63) is 102 Å². The van der Waals surface area contributed by atoms with Crippen LogP contribution in [0, 0.1) is 0 Å². The van der Waals surface area contributed by atoms with Crippen LogP contribution in [0.25, 0.3) is 10.8 Å². The monoisotopic (exact) mass is 354 g/mol. The maximum atomic E-state index is 5.36. The zero-order chi connectivity index (χ0) is 17.5. The SMILES string of the molecule is COc1ccc(C2c3ccccc3Sc3ccc4ccccc4c32)cc1. The molecule has 0 N–H and O–H groups in total. The summed E-state index contributed by atoms with van der Waals surface area (Å²) in [5.41, 5.74) is 4.10. The van der Waals surface area contributed by atoms with E-state index in [1.54, 1.807) is 7.11 Å². The van der Waals surface area contributed by atoms with Crippen LogP contribution in [-0.4, -0.2) is 7.11 Å². The van der Waals surface area contributed by atoms with Crippen LogP contribution in [0.2, 0.25) is 0 Å². The highest BCUT2D eigenvalue weighted by atomic mass is 32.2. The number of fused-ring (bicyclic) bond motifs is 4. The second-order valence-corrected chi connectivity index (χ2v) is 7.63. The van der Waals surface area contributed by atoms with Gasteiger partial charge in [0.25, 0.3) is 0 Å². The predicted molar refractivity (Wildman–Crippen MR) is 108 cm³/mol. The fraction of sp³-hybridized carbons (Fsp3) is 0.0833. The van der Waals surface area contributed by atoms with Crippen LogP contribution < -0.4 is 4.74 Å². The van der Waals surface area contributed by atoms with Gasteiger partial charge in [-0.1, -0.05) is 72.4 Å². The minimum absolute atomic E-state index is 0.236. The lowest BCUT2D eigenvalue weighted by atomic mass is 9.82. The van der Waals surface area contributed by atoms with Gasteiger partial charge in [-0.25, -0.2) is 0 Å². The van der Waals surface area contributed by atoms with E-state index in [1.807, 2.05) is 11.8 Å². The highest BCUT2D eigenvalue weighted by Crippen LogP contribution is 2.50. The summed E-state index contributed by atoms with van der Waals surface area (Å²) in [5, 5.41) is 2.64. The molecule has 0 fully saturated rings. The van der Waals surface area contributed by atoms with E-state index in [0.717, 1.165) is 5.75 Å². The van der Waals surface area contributed by atoms with Gasteiger partial charge in [0.15, 0.2) is 0 Å². The van der Waals surface area contributed by atoms with Crippen molar-refractivity contribution in [1.82, 2.24) is 0 Å². The molecule has 0 aliphatic carbocycles. The topological polar surface area (TPSA) is 9.23 Å². The van der Waals surface area contributed by atoms with Gasteiger partial charge in [0.1, 0.15) is 5.75 Å². The molecule has 126 valence electrons. The van der Waals surface area contributed by atoms with Crippen LogP contribution in [0.5, 0.6) is 5.75 Å². The standard InChI is InChI=1S/C24H18OS/c1-25-18-13-10-17(11-14-18)23-20-8-4-5-9-21(20)26-22-15-12-16-6-2-3-7-19(16)24(22)23/h2-15,23H,1H3. The summed E-state index contributed by atoms with van der Waals surface area (Å²) in [6.45, 7) is 0. The maximum absolute atomic E-state index is 5.36. The molecule has 1 heterocycles. The van der Waals surface area contributed by atoms with Gasteiger partial charge in [0.05, 0.1) is 7.11 Å². The van der Waals surface area contributed by atoms with Crippen molar-refractivity contribution >= 4 is 22.5 Å². The summed E-state index contributed by atoms with van der Waals surface area (Å²) < 4.78 is 5.36. The fourth-order valence-corrected chi connectivity index (χ4v) is 5.05. The van der Waals surface area contributed by atoms with Crippen molar-refractivity contribution in [2.75, 3.05) is 7.11 Å². The van der Waals surface area contributed by atoms with Crippen molar-refractivity contribution in [3.63, 3.8) is 0 Å². The Kier molecular flexibility index (Phi) is 3.72. The number of ether oxygens (including phenoxy) is 1. The van der Waals surface area contributed by atoms with E-state index in [2.05, 4.69) is 84.9 Å². The molecule has 0 spiro atoms. The summed E-state index contributed by atoms with van der Waals surface area (Å²) in [5.74, 6) is 1.13. The molecule has 1 aliphatic heterocycles. The molecule has 2 heteroatoms. The van der Waals surface area contributed by atoms with Gasteiger partial charge in [0, 0.05) is 15.7 Å². The van der Waals surface area contributed by atoms with Crippen LogP contribution in [0.4, 0.5) is 0 Å². The van der Waals surface area contributed by atoms with E-state index in [4.69, 9.17) is 4.74 Å². The molecule has 1 aliphatic rings. The first kappa shape index (κ1) is 15.5. The average Bonchev–Trinajstić information content (AvgIpc) is 2.72. The van der Waals surface area contributed by atoms with Gasteiger partial charge < -0.3 is 4.74 Å². The Bertz CT molecular complexity index is 1100. The van der Waals surface area contributed by atoms with E-state index in [1.165, 1.54) is 37.3 Å². The Balaban J connectivity index is 1.81. The minimum Gasteiger partial charge on any atom is -0.497 e. The summed E-state index contributed by atoms with van der Waals surface area (Å²) in [6, 6.07) is 30.5. The lowest BCUT2D eigenvalue weighted by Gasteiger charge is -2.29. The first-order valence-corrected chi connectivity index (χ1v) is 9.59. The molecule has 0 aromatic heterocycles. The van der Waals surface area contributed by atoms with Gasteiger partial charge in [-0.05, 0) is 51.7 Å². The molecule has 0 amide bonds. The van der Waals surface area contributed by atoms with E-state index in [9.17, 15) is 0 Å². The molecule has 0 saturated heterocycles. The fourth-order valence-electron chi connectivity index (χ4n) is 3.89. The smallest absolute Gasteiger partial charge is 0.118 e. The number of hydrogen-bond donors (Lipinski definition) is 0. The Morgan fingerprint density at radius 3 is 2.35 bits per heavy atom. The highest BCUT2D eigenvalue weighted by molar-refractivity contribution is 7.99. The van der Waals surface area contributed by atoms with E-state index < -0.39 is 0 Å². The normalized spacial score (nSPS) is 15.3. The Morgan fingerprint density at radius 1 is 0.731 bits per heavy atom. The van der Waals surface area contributed by atoms with Crippen LogP contribution in [0.3, 0.4) is 0 Å². The van der Waals surface area contributed by atoms with Gasteiger partial charge in [-0.2, -0.15) is 0 Å². The van der Waals surface area contributed by atoms with Crippen LogP contribution in [0.15, 0.2) is 94.7 Å². The second-order valence-electron chi connectivity index (χ2n) is 6.54. The summed E-state index contributed by atoms with van der Waals surface area (Å²) in [4.78, 5) is 2.69. The molecule has 5 rings (SSSR count). The first-order chi connectivity index (χ1) is 12.8. The number of rotatable bonds is 2. The van der Waals surface area contributed by atoms with Crippen molar-refractivity contribution in [3.8, 4) is 5.75 Å². The summed E-state index contributed by atoms with van der Waals surface area (Å²) >= 11 is 1.88. The van der Waals surface area contributed by atoms with E-state index in [0.29, 0.717) is 0 Å². The molecule has 4 aromatic rings. The van der Waals surface area contributed by atoms with Crippen LogP contribution in [-0.2, 0) is 0 Å². The average molecular weight is 354 g/mol. The Hall–Kier alpha value is -2.71. The lowest BCUT2D eigenvalue weighted by molar-refractivity contribution is 0.414.